The summed E-state index contributed by atoms with van der Waals surface area (Å²) in [4.78, 5) is 31.7. The van der Waals surface area contributed by atoms with E-state index in [2.05, 4.69) is 10.3 Å². The van der Waals surface area contributed by atoms with Gasteiger partial charge >= 0.3 is 11.9 Å². The van der Waals surface area contributed by atoms with Crippen LogP contribution in [0.4, 0.5) is 4.39 Å². The molecule has 21 nitrogen and oxygen atoms in total. The summed E-state index contributed by atoms with van der Waals surface area (Å²) in [6.07, 6.45) is -6.53. The van der Waals surface area contributed by atoms with Crippen molar-refractivity contribution in [3.05, 3.63) is 41.7 Å². The largest absolute Gasteiger partial charge is 0.459 e. The van der Waals surface area contributed by atoms with Crippen molar-refractivity contribution in [3.8, 4) is 0 Å². The second kappa shape index (κ2) is 27.0. The van der Waals surface area contributed by atoms with Gasteiger partial charge in [0.25, 0.3) is 0 Å². The Morgan fingerprint density at radius 2 is 1.66 bits per heavy atom. The number of carbonyl (C=O) groups is 2. The predicted molar refractivity (Wildman–Crippen MR) is 281 cm³/mol. The van der Waals surface area contributed by atoms with Gasteiger partial charge in [0.15, 0.2) is 28.5 Å². The molecule has 2 aromatic rings. The lowest BCUT2D eigenvalue weighted by Crippen LogP contribution is -2.61. The van der Waals surface area contributed by atoms with Gasteiger partial charge in [-0.15, -0.1) is 5.10 Å². The number of halogens is 1. The monoisotopic (exact) mass is 1120 g/mol. The van der Waals surface area contributed by atoms with E-state index in [9.17, 15) is 42.8 Å². The molecule has 440 valence electrons. The van der Waals surface area contributed by atoms with Crippen LogP contribution in [0, 0.1) is 17.8 Å². The first-order valence-corrected chi connectivity index (χ1v) is 28.9. The van der Waals surface area contributed by atoms with Gasteiger partial charge in [0.1, 0.15) is 36.6 Å². The Morgan fingerprint density at radius 3 is 2.26 bits per heavy atom. The van der Waals surface area contributed by atoms with Crippen LogP contribution in [0.2, 0.25) is 0 Å². The molecule has 3 aliphatic rings. The molecule has 4 N–H and O–H groups in total. The second-order valence-corrected chi connectivity index (χ2v) is 25.0. The van der Waals surface area contributed by atoms with Gasteiger partial charge < -0.3 is 63.2 Å². The highest BCUT2D eigenvalue weighted by atomic mass is 32.2. The number of aromatic nitrogens is 3. The summed E-state index contributed by atoms with van der Waals surface area (Å²) < 4.78 is 90.1. The van der Waals surface area contributed by atoms with Gasteiger partial charge in [0.05, 0.1) is 71.4 Å². The van der Waals surface area contributed by atoms with Crippen LogP contribution in [0.5, 0.6) is 0 Å². The molecule has 0 amide bonds. The number of methoxy groups -OCH3 is 1. The highest BCUT2D eigenvalue weighted by Gasteiger charge is 2.53. The number of benzene rings is 1. The number of aliphatic hydroxyl groups is 4. The molecule has 3 fully saturated rings. The van der Waals surface area contributed by atoms with Gasteiger partial charge in [-0.05, 0) is 105 Å². The average Bonchev–Trinajstić information content (AvgIpc) is 3.83. The van der Waals surface area contributed by atoms with Crippen molar-refractivity contribution in [2.24, 2.45) is 17.8 Å². The summed E-state index contributed by atoms with van der Waals surface area (Å²) in [7, 11) is 1.81. The van der Waals surface area contributed by atoms with Crippen LogP contribution >= 0.6 is 0 Å². The summed E-state index contributed by atoms with van der Waals surface area (Å²) in [5.41, 5.74) is -3.41. The van der Waals surface area contributed by atoms with E-state index in [1.807, 2.05) is 37.7 Å². The maximum absolute atomic E-state index is 14.6. The van der Waals surface area contributed by atoms with Gasteiger partial charge in [-0.3, -0.25) is 14.5 Å². The number of rotatable bonds is 18. The maximum atomic E-state index is 14.6. The van der Waals surface area contributed by atoms with E-state index in [1.165, 1.54) is 37.8 Å². The van der Waals surface area contributed by atoms with Crippen LogP contribution < -0.4 is 0 Å². The molecule has 1 aromatic carbocycles. The molecule has 19 atom stereocenters. The zero-order valence-corrected chi connectivity index (χ0v) is 48.7. The van der Waals surface area contributed by atoms with Crippen LogP contribution in [0.3, 0.4) is 0 Å². The highest BCUT2D eigenvalue weighted by Crippen LogP contribution is 2.41. The predicted octanol–water partition coefficient (Wildman–Crippen LogP) is 3.81. The molecule has 0 spiro atoms. The van der Waals surface area contributed by atoms with E-state index < -0.39 is 137 Å². The Labute approximate surface area is 455 Å². The van der Waals surface area contributed by atoms with E-state index in [-0.39, 0.29) is 43.3 Å². The SMILES string of the molecule is CC[C@H]1OC(=O)[C@H](C)[C@@H](O[C@H]2C[C@@](C)(OC)[C@@H](O)[C@H](C)O2)[C@H](C)[C@@H](O[C@@H]2O[C@H](C)C[C@H](N(C)CCc3cn([C@H](CF)COCc4ccc(S(C)(=O)=O)cc4)nn3)[C@H]2OC(C)=O)[C@](C)(O)C[C@@H](C)CN(C)[C@H](C)[C@@H](O)[C@]1(C)O. The molecule has 0 aliphatic carbocycles. The summed E-state index contributed by atoms with van der Waals surface area (Å²) in [6.45, 7) is 18.6. The first kappa shape index (κ1) is 64.5. The first-order chi connectivity index (χ1) is 35.9. The van der Waals surface area contributed by atoms with Gasteiger partial charge in [-0.2, -0.15) is 0 Å². The van der Waals surface area contributed by atoms with Crippen molar-refractivity contribution in [2.75, 3.05) is 53.8 Å². The summed E-state index contributed by atoms with van der Waals surface area (Å²) in [5, 5.41) is 56.3. The molecule has 0 bridgehead atoms. The Bertz CT molecular complexity index is 2310. The second-order valence-electron chi connectivity index (χ2n) is 22.9. The third-order valence-corrected chi connectivity index (χ3v) is 17.3. The van der Waals surface area contributed by atoms with Crippen LogP contribution in [0.1, 0.15) is 119 Å². The third-order valence-electron chi connectivity index (χ3n) is 16.1. The molecule has 3 aliphatic heterocycles. The van der Waals surface area contributed by atoms with Crippen molar-refractivity contribution in [2.45, 2.75) is 216 Å². The summed E-state index contributed by atoms with van der Waals surface area (Å²) in [5.74, 6) is -3.63. The number of nitrogens with zero attached hydrogens (tertiary/aromatic N) is 5. The van der Waals surface area contributed by atoms with E-state index in [0.29, 0.717) is 31.6 Å². The first-order valence-electron chi connectivity index (χ1n) is 27.0. The Morgan fingerprint density at radius 1 is 1.00 bits per heavy atom. The van der Waals surface area contributed by atoms with Crippen LogP contribution in [0.25, 0.3) is 0 Å². The number of sulfone groups is 1. The molecule has 5 rings (SSSR count). The topological polar surface area (TPSA) is 260 Å². The quantitative estimate of drug-likeness (QED) is 0.155. The van der Waals surface area contributed by atoms with Crippen LogP contribution in [0.15, 0.2) is 35.4 Å². The van der Waals surface area contributed by atoms with E-state index in [1.54, 1.807) is 66.8 Å². The lowest BCUT2D eigenvalue weighted by atomic mass is 9.77. The zero-order valence-electron chi connectivity index (χ0n) is 47.9. The molecule has 0 saturated carbocycles. The normalized spacial score (nSPS) is 37.9. The van der Waals surface area contributed by atoms with Gasteiger partial charge in [-0.25, -0.2) is 17.5 Å². The minimum absolute atomic E-state index is 0.0202. The molecule has 4 heterocycles. The number of likely N-dealkylation sites (N-methyl/N-ethyl adjacent to an activating group) is 2. The molecule has 77 heavy (non-hydrogen) atoms. The third kappa shape index (κ3) is 16.2. The molecule has 23 heteroatoms. The Kier molecular flexibility index (Phi) is 22.6. The van der Waals surface area contributed by atoms with Gasteiger partial charge in [0.2, 0.25) is 0 Å². The fourth-order valence-electron chi connectivity index (χ4n) is 11.4. The van der Waals surface area contributed by atoms with Crippen LogP contribution in [-0.2, 0) is 70.3 Å². The number of carbonyl (C=O) groups excluding carboxylic acids is 2. The number of hydrogen-bond acceptors (Lipinski definition) is 20. The Balaban J connectivity index is 1.45. The molecule has 1 aromatic heterocycles. The highest BCUT2D eigenvalue weighted by molar-refractivity contribution is 7.90. The number of hydrogen-bond donors (Lipinski definition) is 4. The Hall–Kier alpha value is -3.30. The lowest BCUT2D eigenvalue weighted by molar-refractivity contribution is -0.319. The van der Waals surface area contributed by atoms with Gasteiger partial charge in [0, 0.05) is 64.4 Å². The van der Waals surface area contributed by atoms with Crippen molar-refractivity contribution in [1.29, 1.82) is 0 Å². The standard InChI is InChI=1S/C54H90FN5O16S/c1-16-43-54(11,66)47(62)35(6)59(13)27-31(2)24-52(9,65)49(33(4)45(34(5)50(64)74-43)75-44-25-53(10,69-14)48(63)36(7)72-44)76-51-46(73-37(8)61)42(23-32(3)71-51)58(12)22-21-39-28-60(57-56-39)40(26-55)30-70-29-38-17-19-41(20-18-38)77(15,67)68/h17-20,28,31-36,40,42-49,51,62-63,65-66H,16,21-27,29-30H2,1-15H3/t31-,32-,33+,34-,35-,36+,40-,42+,43-,44+,45+,46-,47-,48+,49-,51+,52-,53-,54-/m1/s1. The molecule has 3 saturated heterocycles. The fourth-order valence-corrected chi connectivity index (χ4v) is 12.0. The molecular weight excluding hydrogens is 1030 g/mol. The fraction of sp³-hybridized carbons (Fsp3) is 0.815. The maximum Gasteiger partial charge on any atom is 0.311 e. The molecule has 0 radical (unpaired) electrons. The number of alkyl halides is 1. The average molecular weight is 1120 g/mol. The van der Waals surface area contributed by atoms with E-state index in [0.717, 1.165) is 11.8 Å². The van der Waals surface area contributed by atoms with Crippen molar-refractivity contribution < 1.29 is 80.7 Å². The minimum Gasteiger partial charge on any atom is -0.459 e. The van der Waals surface area contributed by atoms with Gasteiger partial charge in [-0.1, -0.05) is 38.1 Å². The number of ether oxygens (including phenoxy) is 8. The zero-order chi connectivity index (χ0) is 57.5. The van der Waals surface area contributed by atoms with E-state index >= 15 is 0 Å². The van der Waals surface area contributed by atoms with Crippen LogP contribution in [-0.4, -0.2) is 210 Å². The molecular formula is C54H90FN5O16S. The molecule has 0 unspecified atom stereocenters. The smallest absolute Gasteiger partial charge is 0.311 e. The summed E-state index contributed by atoms with van der Waals surface area (Å²) >= 11 is 0. The number of esters is 2. The van der Waals surface area contributed by atoms with Crippen molar-refractivity contribution in [3.63, 3.8) is 0 Å². The number of aliphatic hydroxyl groups excluding tert-OH is 2. The van der Waals surface area contributed by atoms with Crippen molar-refractivity contribution in [1.82, 2.24) is 24.8 Å². The minimum atomic E-state index is -3.35. The van der Waals surface area contributed by atoms with Crippen molar-refractivity contribution >= 4 is 21.8 Å². The lowest BCUT2D eigenvalue weighted by Gasteiger charge is -2.49. The summed E-state index contributed by atoms with van der Waals surface area (Å²) in [6, 6.07) is 4.39. The van der Waals surface area contributed by atoms with E-state index in [4.69, 9.17) is 37.9 Å². The number of cyclic esters (lactones) is 1.